The fourth-order valence-electron chi connectivity index (χ4n) is 1.57. The van der Waals surface area contributed by atoms with E-state index in [9.17, 15) is 0 Å². The summed E-state index contributed by atoms with van der Waals surface area (Å²) in [6.07, 6.45) is 11.5. The van der Waals surface area contributed by atoms with E-state index < -0.39 is 7.26 Å². The van der Waals surface area contributed by atoms with Crippen LogP contribution in [-0.2, 0) is 0 Å². The lowest BCUT2D eigenvalue weighted by atomic mass is 10.2. The van der Waals surface area contributed by atoms with Crippen LogP contribution in [0.5, 0.6) is 0 Å². The summed E-state index contributed by atoms with van der Waals surface area (Å²) >= 11 is 0. The Balaban J connectivity index is 2.14. The van der Waals surface area contributed by atoms with Gasteiger partial charge in [-0.25, -0.2) is 0 Å². The van der Waals surface area contributed by atoms with Crippen LogP contribution in [0.25, 0.3) is 0 Å². The average Bonchev–Trinajstić information content (AvgIpc) is 2.47. The van der Waals surface area contributed by atoms with Crippen molar-refractivity contribution in [3.8, 4) is 0 Å². The molecular formula is C11H20P. The third-order valence-corrected chi connectivity index (χ3v) is 5.44. The first-order valence-electron chi connectivity index (χ1n) is 4.99. The summed E-state index contributed by atoms with van der Waals surface area (Å²) in [6, 6.07) is 0. The van der Waals surface area contributed by atoms with Crippen LogP contribution in [0.4, 0.5) is 0 Å². The summed E-state index contributed by atoms with van der Waals surface area (Å²) in [5.41, 5.74) is 0. The van der Waals surface area contributed by atoms with Gasteiger partial charge in [-0.3, -0.25) is 0 Å². The van der Waals surface area contributed by atoms with Crippen LogP contribution in [0.1, 0.15) is 32.6 Å². The Bertz CT molecular complexity index is 167. The van der Waals surface area contributed by atoms with E-state index in [0.29, 0.717) is 0 Å². The SMILES string of the molecule is CCCCCC[P]1(C)C=CC=C1. The van der Waals surface area contributed by atoms with Crippen molar-refractivity contribution < 1.29 is 0 Å². The molecule has 1 aliphatic rings. The van der Waals surface area contributed by atoms with Gasteiger partial charge in [0, 0.05) is 0 Å². The molecule has 1 heterocycles. The largest absolute Gasteiger partial charge is 0.0877 e. The third-order valence-electron chi connectivity index (χ3n) is 2.46. The number of hydrogen-bond donors (Lipinski definition) is 0. The zero-order valence-electron chi connectivity index (χ0n) is 8.29. The molecule has 0 aromatic carbocycles. The molecule has 0 atom stereocenters. The van der Waals surface area contributed by atoms with Gasteiger partial charge >= 0.3 is 0 Å². The lowest BCUT2D eigenvalue weighted by Gasteiger charge is -2.21. The zero-order valence-corrected chi connectivity index (χ0v) is 9.19. The quantitative estimate of drug-likeness (QED) is 0.441. The highest BCUT2D eigenvalue weighted by molar-refractivity contribution is 7.81. The smallest absolute Gasteiger partial charge is 0.0297 e. The molecule has 0 aliphatic carbocycles. The van der Waals surface area contributed by atoms with Crippen LogP contribution >= 0.6 is 7.26 Å². The summed E-state index contributed by atoms with van der Waals surface area (Å²) in [6.45, 7) is 4.70. The Labute approximate surface area is 77.1 Å². The fraction of sp³-hybridized carbons (Fsp3) is 0.636. The lowest BCUT2D eigenvalue weighted by Crippen LogP contribution is -1.89. The van der Waals surface area contributed by atoms with Gasteiger partial charge in [-0.1, -0.05) is 57.2 Å². The topological polar surface area (TPSA) is 0 Å². The van der Waals surface area contributed by atoms with Gasteiger partial charge in [0.1, 0.15) is 0 Å². The summed E-state index contributed by atoms with van der Waals surface area (Å²) in [5, 5.41) is 0. The Morgan fingerprint density at radius 2 is 1.67 bits per heavy atom. The van der Waals surface area contributed by atoms with Gasteiger partial charge in [0.25, 0.3) is 0 Å². The maximum absolute atomic E-state index is 2.43. The van der Waals surface area contributed by atoms with Crippen LogP contribution < -0.4 is 0 Å². The van der Waals surface area contributed by atoms with Gasteiger partial charge in [-0.15, -0.1) is 0 Å². The van der Waals surface area contributed by atoms with Crippen LogP contribution in [0.15, 0.2) is 23.8 Å². The van der Waals surface area contributed by atoms with Crippen LogP contribution in [0, 0.1) is 0 Å². The maximum atomic E-state index is 2.43. The highest BCUT2D eigenvalue weighted by atomic mass is 31.2. The monoisotopic (exact) mass is 183 g/mol. The lowest BCUT2D eigenvalue weighted by molar-refractivity contribution is 0.704. The maximum Gasteiger partial charge on any atom is -0.0297 e. The molecule has 0 aromatic rings. The Morgan fingerprint density at radius 1 is 1.00 bits per heavy atom. The van der Waals surface area contributed by atoms with Crippen molar-refractivity contribution in [3.05, 3.63) is 23.8 Å². The van der Waals surface area contributed by atoms with Crippen molar-refractivity contribution in [1.82, 2.24) is 0 Å². The van der Waals surface area contributed by atoms with E-state index in [4.69, 9.17) is 0 Å². The van der Waals surface area contributed by atoms with E-state index in [-0.39, 0.29) is 0 Å². The molecule has 0 bridgehead atoms. The number of rotatable bonds is 5. The molecule has 1 radical (unpaired) electrons. The first kappa shape index (κ1) is 9.99. The van der Waals surface area contributed by atoms with Gasteiger partial charge in [0.15, 0.2) is 0 Å². The minimum absolute atomic E-state index is 0.721. The minimum Gasteiger partial charge on any atom is -0.0877 e. The van der Waals surface area contributed by atoms with E-state index in [2.05, 4.69) is 37.4 Å². The molecule has 0 unspecified atom stereocenters. The molecule has 0 nitrogen and oxygen atoms in total. The molecule has 1 rings (SSSR count). The van der Waals surface area contributed by atoms with Crippen LogP contribution in [0.3, 0.4) is 0 Å². The zero-order chi connectivity index (χ0) is 8.86. The van der Waals surface area contributed by atoms with E-state index in [0.717, 1.165) is 0 Å². The molecule has 0 spiro atoms. The number of hydrogen-bond acceptors (Lipinski definition) is 0. The van der Waals surface area contributed by atoms with Gasteiger partial charge in [0.05, 0.1) is 0 Å². The number of allylic oxidation sites excluding steroid dienone is 2. The fourth-order valence-corrected chi connectivity index (χ4v) is 3.86. The predicted molar refractivity (Wildman–Crippen MR) is 60.1 cm³/mol. The molecule has 0 aromatic heterocycles. The molecule has 69 valence electrons. The Kier molecular flexibility index (Phi) is 4.01. The summed E-state index contributed by atoms with van der Waals surface area (Å²) < 4.78 is 0. The van der Waals surface area contributed by atoms with Gasteiger partial charge < -0.3 is 0 Å². The molecule has 0 amide bonds. The second-order valence-corrected chi connectivity index (χ2v) is 7.55. The van der Waals surface area contributed by atoms with E-state index >= 15 is 0 Å². The summed E-state index contributed by atoms with van der Waals surface area (Å²) in [5.74, 6) is 4.86. The van der Waals surface area contributed by atoms with E-state index in [1.807, 2.05) is 0 Å². The van der Waals surface area contributed by atoms with E-state index in [1.165, 1.54) is 31.8 Å². The third kappa shape index (κ3) is 3.11. The number of unbranched alkanes of at least 4 members (excludes halogenated alkanes) is 3. The van der Waals surface area contributed by atoms with Crippen molar-refractivity contribution >= 4 is 7.26 Å². The molecule has 0 saturated carbocycles. The first-order chi connectivity index (χ1) is 5.77. The van der Waals surface area contributed by atoms with Crippen LogP contribution in [0.2, 0.25) is 0 Å². The second-order valence-electron chi connectivity index (χ2n) is 3.81. The standard InChI is InChI=1S/C11H20P/c1-3-4-5-6-9-12(2)10-7-8-11-12/h7-8,10-11H,3-6,9H2,1-2H3. The van der Waals surface area contributed by atoms with Gasteiger partial charge in [-0.05, 0) is 19.2 Å². The molecular weight excluding hydrogens is 163 g/mol. The normalized spacial score (nSPS) is 18.8. The Morgan fingerprint density at radius 3 is 2.25 bits per heavy atom. The van der Waals surface area contributed by atoms with Crippen molar-refractivity contribution in [2.24, 2.45) is 0 Å². The van der Waals surface area contributed by atoms with Crippen molar-refractivity contribution in [3.63, 3.8) is 0 Å². The Hall–Kier alpha value is -0.0900. The highest BCUT2D eigenvalue weighted by Gasteiger charge is 2.15. The average molecular weight is 183 g/mol. The summed E-state index contributed by atoms with van der Waals surface area (Å²) in [7, 11) is -0.721. The van der Waals surface area contributed by atoms with E-state index in [1.54, 1.807) is 0 Å². The van der Waals surface area contributed by atoms with Crippen molar-refractivity contribution in [2.75, 3.05) is 12.8 Å². The molecule has 1 heteroatoms. The van der Waals surface area contributed by atoms with Gasteiger partial charge in [0.2, 0.25) is 0 Å². The van der Waals surface area contributed by atoms with Crippen LogP contribution in [-0.4, -0.2) is 12.8 Å². The minimum atomic E-state index is -0.721. The molecule has 0 saturated heterocycles. The molecule has 12 heavy (non-hydrogen) atoms. The first-order valence-corrected chi connectivity index (χ1v) is 7.55. The summed E-state index contributed by atoms with van der Waals surface area (Å²) in [4.78, 5) is 0. The second kappa shape index (κ2) is 4.82. The van der Waals surface area contributed by atoms with Crippen molar-refractivity contribution in [2.45, 2.75) is 32.6 Å². The van der Waals surface area contributed by atoms with Gasteiger partial charge in [-0.2, -0.15) is 0 Å². The highest BCUT2D eigenvalue weighted by Crippen LogP contribution is 2.61. The molecule has 0 fully saturated rings. The molecule has 1 aliphatic heterocycles. The predicted octanol–water partition coefficient (Wildman–Crippen LogP) is 4.26. The molecule has 0 N–H and O–H groups in total. The van der Waals surface area contributed by atoms with Crippen molar-refractivity contribution in [1.29, 1.82) is 0 Å².